The molecule has 0 heterocycles. The van der Waals surface area contributed by atoms with Crippen LogP contribution in [0.1, 0.15) is 50.7 Å². The molecule has 0 aliphatic heterocycles. The Morgan fingerprint density at radius 1 is 0.684 bits per heavy atom. The Labute approximate surface area is 121 Å². The summed E-state index contributed by atoms with van der Waals surface area (Å²) in [5, 5.41) is 0. The summed E-state index contributed by atoms with van der Waals surface area (Å²) in [4.78, 5) is 2.63. The molecule has 19 heavy (non-hydrogen) atoms. The summed E-state index contributed by atoms with van der Waals surface area (Å²) in [6.07, 6.45) is 0. The van der Waals surface area contributed by atoms with Crippen LogP contribution in [0.3, 0.4) is 0 Å². The molecule has 2 aromatic carbocycles. The minimum absolute atomic E-state index is 0.587. The Morgan fingerprint density at radius 3 is 1.89 bits per heavy atom. The van der Waals surface area contributed by atoms with Gasteiger partial charge in [-0.05, 0) is 47.2 Å². The summed E-state index contributed by atoms with van der Waals surface area (Å²) in [5.41, 5.74) is 2.81. The van der Waals surface area contributed by atoms with Crippen LogP contribution in [0, 0.1) is 0 Å². The summed E-state index contributed by atoms with van der Waals surface area (Å²) in [7, 11) is 0. The van der Waals surface area contributed by atoms with Gasteiger partial charge in [-0.2, -0.15) is 0 Å². The van der Waals surface area contributed by atoms with Crippen molar-refractivity contribution < 1.29 is 0 Å². The third-order valence-electron chi connectivity index (χ3n) is 3.31. The zero-order valence-electron chi connectivity index (χ0n) is 12.2. The number of rotatable bonds is 4. The van der Waals surface area contributed by atoms with Crippen LogP contribution in [-0.4, -0.2) is 0 Å². The van der Waals surface area contributed by atoms with Gasteiger partial charge in [0.15, 0.2) is 0 Å². The lowest BCUT2D eigenvalue weighted by Gasteiger charge is -2.09. The SMILES string of the molecule is CC(C)c1ccc(Sc2cccc(C(C)C)c2)cc1. The predicted molar refractivity (Wildman–Crippen MR) is 85.2 cm³/mol. The van der Waals surface area contributed by atoms with Crippen LogP contribution in [0.5, 0.6) is 0 Å². The zero-order valence-corrected chi connectivity index (χ0v) is 13.0. The molecule has 0 atom stereocenters. The topological polar surface area (TPSA) is 0 Å². The number of benzene rings is 2. The van der Waals surface area contributed by atoms with Gasteiger partial charge in [0, 0.05) is 9.79 Å². The molecule has 0 saturated carbocycles. The summed E-state index contributed by atoms with van der Waals surface area (Å²) in [5.74, 6) is 1.19. The van der Waals surface area contributed by atoms with Gasteiger partial charge in [-0.3, -0.25) is 0 Å². The molecule has 0 saturated heterocycles. The van der Waals surface area contributed by atoms with Gasteiger partial charge < -0.3 is 0 Å². The first-order valence-electron chi connectivity index (χ1n) is 6.94. The van der Waals surface area contributed by atoms with E-state index in [9.17, 15) is 0 Å². The molecule has 0 radical (unpaired) electrons. The molecular weight excluding hydrogens is 248 g/mol. The van der Waals surface area contributed by atoms with Gasteiger partial charge in [-0.15, -0.1) is 0 Å². The molecular formula is C18H22S. The average Bonchev–Trinajstić information content (AvgIpc) is 2.39. The largest absolute Gasteiger partial charge is 0.0901 e. The van der Waals surface area contributed by atoms with Crippen molar-refractivity contribution in [3.63, 3.8) is 0 Å². The Morgan fingerprint density at radius 2 is 1.32 bits per heavy atom. The van der Waals surface area contributed by atoms with Gasteiger partial charge in [-0.25, -0.2) is 0 Å². The van der Waals surface area contributed by atoms with Crippen molar-refractivity contribution in [3.05, 3.63) is 59.7 Å². The lowest BCUT2D eigenvalue weighted by Crippen LogP contribution is -1.87. The fraction of sp³-hybridized carbons (Fsp3) is 0.333. The number of hydrogen-bond acceptors (Lipinski definition) is 1. The second kappa shape index (κ2) is 6.29. The summed E-state index contributed by atoms with van der Waals surface area (Å²) >= 11 is 1.84. The molecule has 2 rings (SSSR count). The molecule has 0 spiro atoms. The lowest BCUT2D eigenvalue weighted by atomic mass is 10.0. The molecule has 0 aliphatic rings. The fourth-order valence-corrected chi connectivity index (χ4v) is 2.88. The van der Waals surface area contributed by atoms with Gasteiger partial charge in [0.2, 0.25) is 0 Å². The Hall–Kier alpha value is -1.21. The quantitative estimate of drug-likeness (QED) is 0.648. The van der Waals surface area contributed by atoms with Crippen molar-refractivity contribution in [2.45, 2.75) is 49.3 Å². The second-order valence-electron chi connectivity index (χ2n) is 5.55. The van der Waals surface area contributed by atoms with Gasteiger partial charge in [0.25, 0.3) is 0 Å². The average molecular weight is 270 g/mol. The highest BCUT2D eigenvalue weighted by Crippen LogP contribution is 2.30. The van der Waals surface area contributed by atoms with E-state index >= 15 is 0 Å². The molecule has 0 nitrogen and oxygen atoms in total. The van der Waals surface area contributed by atoms with E-state index in [1.54, 1.807) is 0 Å². The Balaban J connectivity index is 2.14. The molecule has 0 unspecified atom stereocenters. The molecule has 0 bridgehead atoms. The van der Waals surface area contributed by atoms with Crippen molar-refractivity contribution in [2.24, 2.45) is 0 Å². The Kier molecular flexibility index (Phi) is 4.71. The minimum atomic E-state index is 0.587. The highest BCUT2D eigenvalue weighted by atomic mass is 32.2. The van der Waals surface area contributed by atoms with Gasteiger partial charge in [0.05, 0.1) is 0 Å². The predicted octanol–water partition coefficient (Wildman–Crippen LogP) is 6.08. The van der Waals surface area contributed by atoms with Crippen LogP contribution in [0.25, 0.3) is 0 Å². The van der Waals surface area contributed by atoms with E-state index in [1.807, 2.05) is 11.8 Å². The molecule has 100 valence electrons. The molecule has 0 amide bonds. The van der Waals surface area contributed by atoms with Crippen LogP contribution < -0.4 is 0 Å². The first-order valence-corrected chi connectivity index (χ1v) is 7.75. The summed E-state index contributed by atoms with van der Waals surface area (Å²) < 4.78 is 0. The van der Waals surface area contributed by atoms with E-state index in [1.165, 1.54) is 20.9 Å². The highest BCUT2D eigenvalue weighted by Gasteiger charge is 2.03. The summed E-state index contributed by atoms with van der Waals surface area (Å²) in [6, 6.07) is 17.8. The molecule has 0 aliphatic carbocycles. The highest BCUT2D eigenvalue weighted by molar-refractivity contribution is 7.99. The molecule has 0 aromatic heterocycles. The molecule has 2 aromatic rings. The van der Waals surface area contributed by atoms with E-state index in [4.69, 9.17) is 0 Å². The maximum absolute atomic E-state index is 2.30. The van der Waals surface area contributed by atoms with E-state index < -0.39 is 0 Å². The van der Waals surface area contributed by atoms with Crippen LogP contribution in [0.2, 0.25) is 0 Å². The zero-order chi connectivity index (χ0) is 13.8. The van der Waals surface area contributed by atoms with E-state index in [0.717, 1.165) is 0 Å². The van der Waals surface area contributed by atoms with E-state index in [2.05, 4.69) is 76.2 Å². The second-order valence-corrected chi connectivity index (χ2v) is 6.70. The molecule has 1 heteroatoms. The normalized spacial score (nSPS) is 11.3. The van der Waals surface area contributed by atoms with E-state index in [0.29, 0.717) is 11.8 Å². The van der Waals surface area contributed by atoms with Crippen LogP contribution in [-0.2, 0) is 0 Å². The van der Waals surface area contributed by atoms with Crippen molar-refractivity contribution in [1.82, 2.24) is 0 Å². The van der Waals surface area contributed by atoms with Crippen LogP contribution in [0.15, 0.2) is 58.3 Å². The number of hydrogen-bond donors (Lipinski definition) is 0. The lowest BCUT2D eigenvalue weighted by molar-refractivity contribution is 0.862. The third-order valence-corrected chi connectivity index (χ3v) is 4.30. The van der Waals surface area contributed by atoms with Crippen molar-refractivity contribution >= 4 is 11.8 Å². The maximum atomic E-state index is 2.30. The van der Waals surface area contributed by atoms with Gasteiger partial charge in [0.1, 0.15) is 0 Å². The fourth-order valence-electron chi connectivity index (χ4n) is 1.99. The maximum Gasteiger partial charge on any atom is 0.0125 e. The molecule has 0 fully saturated rings. The minimum Gasteiger partial charge on any atom is -0.0901 e. The van der Waals surface area contributed by atoms with Crippen molar-refractivity contribution in [2.75, 3.05) is 0 Å². The smallest absolute Gasteiger partial charge is 0.0125 e. The van der Waals surface area contributed by atoms with Crippen molar-refractivity contribution in [3.8, 4) is 0 Å². The van der Waals surface area contributed by atoms with Gasteiger partial charge in [-0.1, -0.05) is 63.7 Å². The van der Waals surface area contributed by atoms with Crippen LogP contribution in [0.4, 0.5) is 0 Å². The molecule has 0 N–H and O–H groups in total. The van der Waals surface area contributed by atoms with Crippen molar-refractivity contribution in [1.29, 1.82) is 0 Å². The Bertz CT molecular complexity index is 524. The monoisotopic (exact) mass is 270 g/mol. The first kappa shape index (κ1) is 14.2. The third kappa shape index (κ3) is 3.87. The first-order chi connectivity index (χ1) is 9.06. The van der Waals surface area contributed by atoms with Gasteiger partial charge >= 0.3 is 0 Å². The van der Waals surface area contributed by atoms with Crippen LogP contribution >= 0.6 is 11.8 Å². The standard InChI is InChI=1S/C18H22S/c1-13(2)15-8-10-17(11-9-15)19-18-7-5-6-16(12-18)14(3)4/h5-14H,1-4H3. The van der Waals surface area contributed by atoms with E-state index in [-0.39, 0.29) is 0 Å². The summed E-state index contributed by atoms with van der Waals surface area (Å²) in [6.45, 7) is 8.94.